The molecule has 0 radical (unpaired) electrons. The van der Waals surface area contributed by atoms with Crippen LogP contribution in [0.15, 0.2) is 24.3 Å². The molecular weight excluding hydrogens is 720 g/mol. The van der Waals surface area contributed by atoms with Gasteiger partial charge in [0, 0.05) is 11.5 Å². The molecule has 4 rings (SSSR count). The third kappa shape index (κ3) is 7.91. The summed E-state index contributed by atoms with van der Waals surface area (Å²) in [6.45, 7) is 6.43. The first-order chi connectivity index (χ1) is 23.2. The van der Waals surface area contributed by atoms with Crippen molar-refractivity contribution in [2.75, 3.05) is 13.2 Å². The Morgan fingerprint density at radius 1 is 0.706 bits per heavy atom. The standard InChI is InChI=1S/C33H40F12O6/c1-16(2)26(46)49-15-21-12-18-10-19(21)11-20(18)13-28(30(34,35)36,31(37,38)39)50-14-17(3)27(47)51-25-9-8-24(22-6-4-5-7-23(22)25)29(48,32(40,41)42)33(43,44)45/h18-25,48H,1,3-15H2,2H3. The number of halogens is 12. The molecule has 4 fully saturated rings. The van der Waals surface area contributed by atoms with Crippen LogP contribution in [0.1, 0.15) is 71.1 Å². The van der Waals surface area contributed by atoms with Gasteiger partial charge < -0.3 is 19.3 Å². The highest BCUT2D eigenvalue weighted by molar-refractivity contribution is 5.88. The summed E-state index contributed by atoms with van der Waals surface area (Å²) in [5.41, 5.74) is -10.6. The number of rotatable bonds is 11. The second-order valence-electron chi connectivity index (χ2n) is 14.5. The fourth-order valence-electron chi connectivity index (χ4n) is 8.92. The number of hydrogen-bond donors (Lipinski definition) is 1. The number of carbonyl (C=O) groups excluding carboxylic acids is 2. The highest BCUT2D eigenvalue weighted by Crippen LogP contribution is 2.59. The molecule has 0 saturated heterocycles. The molecule has 0 heterocycles. The Morgan fingerprint density at radius 3 is 1.73 bits per heavy atom. The number of alkyl halides is 12. The quantitative estimate of drug-likeness (QED) is 0.129. The summed E-state index contributed by atoms with van der Waals surface area (Å²) in [5.74, 6) is -9.25. The normalized spacial score (nSPS) is 30.5. The van der Waals surface area contributed by atoms with Crippen LogP contribution in [0.4, 0.5) is 52.7 Å². The lowest BCUT2D eigenvalue weighted by Gasteiger charge is -2.51. The molecule has 0 aromatic heterocycles. The largest absolute Gasteiger partial charge is 0.462 e. The van der Waals surface area contributed by atoms with Crippen molar-refractivity contribution >= 4 is 11.9 Å². The number of ether oxygens (including phenoxy) is 3. The zero-order valence-electron chi connectivity index (χ0n) is 27.5. The second-order valence-corrected chi connectivity index (χ2v) is 14.5. The predicted molar refractivity (Wildman–Crippen MR) is 153 cm³/mol. The third-order valence-corrected chi connectivity index (χ3v) is 11.5. The lowest BCUT2D eigenvalue weighted by atomic mass is 9.59. The van der Waals surface area contributed by atoms with Crippen molar-refractivity contribution < 1.29 is 81.6 Å². The number of carbonyl (C=O) groups is 2. The smallest absolute Gasteiger partial charge is 0.426 e. The van der Waals surface area contributed by atoms with Gasteiger partial charge in [-0.25, -0.2) is 9.59 Å². The van der Waals surface area contributed by atoms with Crippen LogP contribution >= 0.6 is 0 Å². The topological polar surface area (TPSA) is 82.1 Å². The van der Waals surface area contributed by atoms with E-state index in [0.29, 0.717) is 12.8 Å². The molecule has 4 saturated carbocycles. The second kappa shape index (κ2) is 14.4. The number of hydrogen-bond acceptors (Lipinski definition) is 6. The zero-order valence-corrected chi connectivity index (χ0v) is 27.5. The van der Waals surface area contributed by atoms with E-state index in [9.17, 15) is 67.4 Å². The Kier molecular flexibility index (Phi) is 11.6. The summed E-state index contributed by atoms with van der Waals surface area (Å²) in [6.07, 6.45) is -27.6. The van der Waals surface area contributed by atoms with Gasteiger partial charge in [0.2, 0.25) is 0 Å². The molecule has 8 unspecified atom stereocenters. The van der Waals surface area contributed by atoms with Crippen molar-refractivity contribution in [3.63, 3.8) is 0 Å². The molecule has 0 amide bonds. The first-order valence-corrected chi connectivity index (χ1v) is 16.6. The molecule has 0 aromatic rings. The monoisotopic (exact) mass is 760 g/mol. The van der Waals surface area contributed by atoms with E-state index >= 15 is 0 Å². The zero-order chi connectivity index (χ0) is 38.5. The molecule has 0 spiro atoms. The first kappa shape index (κ1) is 41.3. The van der Waals surface area contributed by atoms with E-state index in [1.165, 1.54) is 6.92 Å². The van der Waals surface area contributed by atoms with Crippen molar-refractivity contribution in [3.8, 4) is 0 Å². The van der Waals surface area contributed by atoms with Gasteiger partial charge in [0.15, 0.2) is 0 Å². The van der Waals surface area contributed by atoms with Gasteiger partial charge in [-0.1, -0.05) is 26.0 Å². The van der Waals surface area contributed by atoms with Crippen LogP contribution in [-0.2, 0) is 23.8 Å². The Balaban J connectivity index is 1.44. The molecule has 2 bridgehead atoms. The number of fused-ring (bicyclic) bond motifs is 3. The average Bonchev–Trinajstić information content (AvgIpc) is 3.59. The number of esters is 2. The Morgan fingerprint density at radius 2 is 1.24 bits per heavy atom. The summed E-state index contributed by atoms with van der Waals surface area (Å²) in [6, 6.07) is 0. The maximum Gasteiger partial charge on any atom is 0.426 e. The number of aliphatic hydroxyl groups is 1. The van der Waals surface area contributed by atoms with Gasteiger partial charge in [0.1, 0.15) is 6.10 Å². The summed E-state index contributed by atoms with van der Waals surface area (Å²) in [4.78, 5) is 24.7. The molecular formula is C33H40F12O6. The Bertz CT molecular complexity index is 1290. The van der Waals surface area contributed by atoms with Gasteiger partial charge in [-0.15, -0.1) is 0 Å². The summed E-state index contributed by atoms with van der Waals surface area (Å²) in [5, 5.41) is 10.1. The molecule has 6 nitrogen and oxygen atoms in total. The van der Waals surface area contributed by atoms with Crippen LogP contribution in [0, 0.1) is 41.4 Å². The molecule has 18 heteroatoms. The van der Waals surface area contributed by atoms with Crippen LogP contribution in [-0.4, -0.2) is 72.3 Å². The summed E-state index contributed by atoms with van der Waals surface area (Å²) >= 11 is 0. The maximum absolute atomic E-state index is 14.4. The van der Waals surface area contributed by atoms with E-state index in [1.807, 2.05) is 0 Å². The SMILES string of the molecule is C=C(C)C(=O)OCC1CC2CC1CC2CC(OCC(=C)C(=O)OC1CCC(C(O)(C(F)(F)F)C(F)(F)F)C2CCCCC12)(C(F)(F)F)C(F)(F)F. The van der Waals surface area contributed by atoms with Crippen LogP contribution < -0.4 is 0 Å². The van der Waals surface area contributed by atoms with Crippen molar-refractivity contribution in [2.45, 2.75) is 113 Å². The van der Waals surface area contributed by atoms with Crippen molar-refractivity contribution in [3.05, 3.63) is 24.3 Å². The first-order valence-electron chi connectivity index (χ1n) is 16.6. The van der Waals surface area contributed by atoms with Gasteiger partial charge in [-0.3, -0.25) is 0 Å². The Labute approximate surface area is 285 Å². The van der Waals surface area contributed by atoms with Crippen LogP contribution in [0.5, 0.6) is 0 Å². The lowest BCUT2D eigenvalue weighted by Crippen LogP contribution is -2.65. The van der Waals surface area contributed by atoms with E-state index in [0.717, 1.165) is 0 Å². The molecule has 8 atom stereocenters. The minimum atomic E-state index is -6.09. The predicted octanol–water partition coefficient (Wildman–Crippen LogP) is 8.58. The van der Waals surface area contributed by atoms with Crippen LogP contribution in [0.3, 0.4) is 0 Å². The third-order valence-electron chi connectivity index (χ3n) is 11.5. The molecule has 51 heavy (non-hydrogen) atoms. The highest BCUT2D eigenvalue weighted by Gasteiger charge is 2.76. The molecule has 0 aromatic carbocycles. The van der Waals surface area contributed by atoms with Gasteiger partial charge >= 0.3 is 36.6 Å². The van der Waals surface area contributed by atoms with E-state index in [1.54, 1.807) is 0 Å². The molecule has 0 aliphatic heterocycles. The molecule has 4 aliphatic rings. The van der Waals surface area contributed by atoms with Gasteiger partial charge in [-0.05, 0) is 93.8 Å². The average molecular weight is 761 g/mol. The van der Waals surface area contributed by atoms with Crippen LogP contribution in [0.25, 0.3) is 0 Å². The fraction of sp³-hybridized carbons (Fsp3) is 0.818. The van der Waals surface area contributed by atoms with Gasteiger partial charge in [0.05, 0.1) is 18.8 Å². The van der Waals surface area contributed by atoms with E-state index in [2.05, 4.69) is 17.9 Å². The molecule has 292 valence electrons. The van der Waals surface area contributed by atoms with Gasteiger partial charge in [-0.2, -0.15) is 52.7 Å². The van der Waals surface area contributed by atoms with Crippen molar-refractivity contribution in [1.29, 1.82) is 0 Å². The molecule has 4 aliphatic carbocycles. The highest BCUT2D eigenvalue weighted by atomic mass is 19.4. The summed E-state index contributed by atoms with van der Waals surface area (Å²) < 4.78 is 184. The summed E-state index contributed by atoms with van der Waals surface area (Å²) in [7, 11) is 0. The molecule has 1 N–H and O–H groups in total. The van der Waals surface area contributed by atoms with Crippen LogP contribution in [0.2, 0.25) is 0 Å². The van der Waals surface area contributed by atoms with Gasteiger partial charge in [0.25, 0.3) is 11.2 Å². The fourth-order valence-corrected chi connectivity index (χ4v) is 8.92. The lowest BCUT2D eigenvalue weighted by molar-refractivity contribution is -0.394. The maximum atomic E-state index is 14.4. The Hall–Kier alpha value is -2.50. The van der Waals surface area contributed by atoms with E-state index in [-0.39, 0.29) is 56.1 Å². The van der Waals surface area contributed by atoms with E-state index < -0.39 is 115 Å². The minimum Gasteiger partial charge on any atom is -0.462 e. The van der Waals surface area contributed by atoms with E-state index in [4.69, 9.17) is 9.47 Å². The van der Waals surface area contributed by atoms with Crippen molar-refractivity contribution in [2.24, 2.45) is 41.4 Å². The van der Waals surface area contributed by atoms with Crippen molar-refractivity contribution in [1.82, 2.24) is 0 Å². The minimum absolute atomic E-state index is 0.000121.